The van der Waals surface area contributed by atoms with E-state index < -0.39 is 0 Å². The van der Waals surface area contributed by atoms with Gasteiger partial charge in [0.15, 0.2) is 0 Å². The Morgan fingerprint density at radius 3 is 0.295 bits per heavy atom. The lowest BCUT2D eigenvalue weighted by atomic mass is 10.3. The van der Waals surface area contributed by atoms with Crippen LogP contribution < -0.4 is 58.8 Å². The van der Waals surface area contributed by atoms with Gasteiger partial charge in [0.25, 0.3) is 0 Å². The fourth-order valence-corrected chi connectivity index (χ4v) is 11.1. The van der Waals surface area contributed by atoms with Gasteiger partial charge in [0.05, 0.1) is 0 Å². The third kappa shape index (κ3) is 10.2. The molecule has 0 unspecified atom stereocenters. The maximum atomic E-state index is 5.04. The number of aromatic nitrogens is 18. The fourth-order valence-electron chi connectivity index (χ4n) is 11.1. The summed E-state index contributed by atoms with van der Waals surface area (Å²) >= 11 is 0. The van der Waals surface area contributed by atoms with Crippen LogP contribution in [0.25, 0.3) is 0 Å². The molecule has 0 N–H and O–H groups in total. The Bertz CT molecular complexity index is 2410. The third-order valence-electron chi connectivity index (χ3n) is 15.4. The van der Waals surface area contributed by atoms with Crippen LogP contribution in [0.3, 0.4) is 0 Å². The first-order chi connectivity index (χ1) is 38.0. The average molecular weight is 1060 g/mol. The number of hydrogen-bond acceptors (Lipinski definition) is 30. The van der Waals surface area contributed by atoms with Crippen LogP contribution in [0.5, 0.6) is 0 Å². The van der Waals surface area contributed by atoms with E-state index in [0.717, 1.165) is 0 Å². The molecule has 0 amide bonds. The number of rotatable bonds is 0. The molecule has 408 valence electrons. The topological polar surface area (TPSA) is 271 Å². The molecule has 0 saturated carbocycles. The molecule has 0 aliphatic carbocycles. The predicted molar refractivity (Wildman–Crippen MR) is 294 cm³/mol. The van der Waals surface area contributed by atoms with E-state index in [1.807, 2.05) is 41.5 Å². The number of anilines is 12. The monoisotopic (exact) mass is 1060 g/mol. The summed E-state index contributed by atoms with van der Waals surface area (Å²) in [6, 6.07) is 0. The predicted octanol–water partition coefficient (Wildman–Crippen LogP) is -1.08. The zero-order valence-corrected chi connectivity index (χ0v) is 45.4. The quantitative estimate of drug-likeness (QED) is 0.175. The normalized spacial score (nSPS) is 19.2. The van der Waals surface area contributed by atoms with E-state index >= 15 is 0 Å². The highest BCUT2D eigenvalue weighted by atomic mass is 15.5. The maximum Gasteiger partial charge on any atom is 0.230 e. The molecule has 6 aromatic heterocycles. The summed E-state index contributed by atoms with van der Waals surface area (Å²) < 4.78 is 0. The van der Waals surface area contributed by atoms with Gasteiger partial charge in [0.1, 0.15) is 34.9 Å². The minimum absolute atomic E-state index is 0.685. The maximum absolute atomic E-state index is 5.04. The zero-order valence-electron chi connectivity index (χ0n) is 45.4. The second-order valence-electron chi connectivity index (χ2n) is 20.7. The standard InChI is InChI=1S/C48H66N30/c1-31-49-37-61-38(50-31)68-9-13-70(14-10-68)40-52-33(3)54-42(63-40)72-17-21-74(22-18-72)44-56-35(5)58-46(65-44)76-25-29-78(30-26-76)48-60-36(6)59-47(66-48)77-27-23-75(24-28-77)45-57-34(4)55-43(64-45)73-19-15-71(16-20-73)41-53-32(2)51-39(62-41)69-11-7-67(37)8-12-69/h7-30H2,1-6H3. The van der Waals surface area contributed by atoms with Gasteiger partial charge in [-0.15, -0.1) is 0 Å². The van der Waals surface area contributed by atoms with E-state index in [1.54, 1.807) is 0 Å². The summed E-state index contributed by atoms with van der Waals surface area (Å²) in [5.41, 5.74) is 0. The summed E-state index contributed by atoms with van der Waals surface area (Å²) in [5, 5.41) is 0. The van der Waals surface area contributed by atoms with E-state index in [0.29, 0.717) is 263 Å². The highest BCUT2D eigenvalue weighted by Gasteiger charge is 2.32. The largest absolute Gasteiger partial charge is 0.337 e. The van der Waals surface area contributed by atoms with Crippen LogP contribution in [0.2, 0.25) is 0 Å². The smallest absolute Gasteiger partial charge is 0.230 e. The lowest BCUT2D eigenvalue weighted by Gasteiger charge is -2.38. The Labute approximate surface area is 452 Å². The van der Waals surface area contributed by atoms with Crippen LogP contribution >= 0.6 is 0 Å². The fraction of sp³-hybridized carbons (Fsp3) is 0.625. The summed E-state index contributed by atoms with van der Waals surface area (Å²) in [4.78, 5) is 115. The molecule has 22 rings (SSSR count). The van der Waals surface area contributed by atoms with E-state index in [4.69, 9.17) is 89.7 Å². The SMILES string of the molecule is Cc1nc2nc(n1)N1CCN(CC1)c1nc(C)nc(n1)N1CCN(CC1)c1nc(C)nc(n1)N1CCN(CC1)c1nc(C)nc(n1)N1CCN(CC1)c1nc(C)nc(n1)N1CCN(CC1)c1nc(C)nc(n1)N1CCN2CC1. The average Bonchev–Trinajstić information content (AvgIpc) is 3.47. The van der Waals surface area contributed by atoms with E-state index in [9.17, 15) is 0 Å². The molecule has 22 heterocycles. The first-order valence-corrected chi connectivity index (χ1v) is 27.3. The lowest BCUT2D eigenvalue weighted by molar-refractivity contribution is 0.596. The Morgan fingerprint density at radius 1 is 0.141 bits per heavy atom. The Hall–Kier alpha value is -8.34. The van der Waals surface area contributed by atoms with E-state index in [1.165, 1.54) is 0 Å². The molecule has 0 radical (unpaired) electrons. The molecular formula is C48H66N30. The van der Waals surface area contributed by atoms with Crippen molar-refractivity contribution < 1.29 is 0 Å². The van der Waals surface area contributed by atoms with Gasteiger partial charge in [0.2, 0.25) is 71.4 Å². The van der Waals surface area contributed by atoms with Gasteiger partial charge in [-0.05, 0) is 41.5 Å². The van der Waals surface area contributed by atoms with Crippen molar-refractivity contribution in [1.82, 2.24) is 89.7 Å². The van der Waals surface area contributed by atoms with Gasteiger partial charge in [-0.1, -0.05) is 0 Å². The van der Waals surface area contributed by atoms with Gasteiger partial charge >= 0.3 is 0 Å². The molecule has 16 aliphatic heterocycles. The highest BCUT2D eigenvalue weighted by molar-refractivity contribution is 5.51. The minimum Gasteiger partial charge on any atom is -0.337 e. The van der Waals surface area contributed by atoms with Crippen molar-refractivity contribution in [1.29, 1.82) is 0 Å². The van der Waals surface area contributed by atoms with Crippen molar-refractivity contribution in [2.24, 2.45) is 0 Å². The van der Waals surface area contributed by atoms with Crippen molar-refractivity contribution in [3.63, 3.8) is 0 Å². The van der Waals surface area contributed by atoms with Gasteiger partial charge in [-0.25, -0.2) is 0 Å². The van der Waals surface area contributed by atoms with Crippen LogP contribution in [0.15, 0.2) is 0 Å². The number of aryl methyl sites for hydroxylation is 6. The third-order valence-corrected chi connectivity index (χ3v) is 15.4. The van der Waals surface area contributed by atoms with Gasteiger partial charge in [-0.2, -0.15) is 89.7 Å². The molecule has 24 bridgehead atoms. The highest BCUT2D eigenvalue weighted by Crippen LogP contribution is 2.27. The Balaban J connectivity index is 0.743. The van der Waals surface area contributed by atoms with Gasteiger partial charge in [-0.3, -0.25) is 0 Å². The zero-order chi connectivity index (χ0) is 53.0. The molecule has 30 heteroatoms. The molecule has 0 atom stereocenters. The Kier molecular flexibility index (Phi) is 13.0. The first-order valence-electron chi connectivity index (χ1n) is 27.3. The molecule has 6 fully saturated rings. The van der Waals surface area contributed by atoms with Crippen LogP contribution in [0.4, 0.5) is 71.4 Å². The second-order valence-corrected chi connectivity index (χ2v) is 20.7. The van der Waals surface area contributed by atoms with Crippen LogP contribution in [-0.4, -0.2) is 247 Å². The van der Waals surface area contributed by atoms with Gasteiger partial charge in [0, 0.05) is 157 Å². The van der Waals surface area contributed by atoms with Crippen molar-refractivity contribution >= 4 is 71.4 Å². The first kappa shape index (κ1) is 49.2. The van der Waals surface area contributed by atoms with Crippen molar-refractivity contribution in [3.8, 4) is 0 Å². The molecule has 16 aliphatic rings. The summed E-state index contributed by atoms with van der Waals surface area (Å²) in [6.07, 6.45) is 0. The summed E-state index contributed by atoms with van der Waals surface area (Å²) in [5.74, 6) is 12.4. The van der Waals surface area contributed by atoms with E-state index in [2.05, 4.69) is 58.8 Å². The molecule has 0 aromatic carbocycles. The molecule has 30 nitrogen and oxygen atoms in total. The second kappa shape index (κ2) is 20.6. The van der Waals surface area contributed by atoms with Crippen LogP contribution in [0, 0.1) is 41.5 Å². The molecule has 78 heavy (non-hydrogen) atoms. The van der Waals surface area contributed by atoms with Crippen molar-refractivity contribution in [2.75, 3.05) is 216 Å². The summed E-state index contributed by atoms with van der Waals surface area (Å²) in [7, 11) is 0. The number of piperazine rings is 6. The van der Waals surface area contributed by atoms with Gasteiger partial charge < -0.3 is 58.8 Å². The minimum atomic E-state index is 0.685. The summed E-state index contributed by atoms with van der Waals surface area (Å²) in [6.45, 7) is 28.7. The lowest BCUT2D eigenvalue weighted by Crippen LogP contribution is -2.50. The molecule has 0 spiro atoms. The van der Waals surface area contributed by atoms with Crippen LogP contribution in [-0.2, 0) is 0 Å². The number of hydrogen-bond donors (Lipinski definition) is 0. The number of nitrogens with zero attached hydrogens (tertiary/aromatic N) is 30. The molecular weight excluding hydrogens is 997 g/mol. The van der Waals surface area contributed by atoms with Crippen LogP contribution in [0.1, 0.15) is 34.9 Å². The molecule has 6 saturated heterocycles. The molecule has 6 aromatic rings. The Morgan fingerprint density at radius 2 is 0.218 bits per heavy atom. The van der Waals surface area contributed by atoms with Crippen molar-refractivity contribution in [2.45, 2.75) is 41.5 Å². The van der Waals surface area contributed by atoms with E-state index in [-0.39, 0.29) is 0 Å². The van der Waals surface area contributed by atoms with Crippen molar-refractivity contribution in [3.05, 3.63) is 34.9 Å².